The summed E-state index contributed by atoms with van der Waals surface area (Å²) in [6.07, 6.45) is 1.60. The van der Waals surface area contributed by atoms with Crippen LogP contribution < -0.4 is 0 Å². The van der Waals surface area contributed by atoms with Crippen LogP contribution in [0.4, 0.5) is 0 Å². The van der Waals surface area contributed by atoms with Crippen LogP contribution in [0.1, 0.15) is 17.4 Å². The molecular weight excluding hydrogens is 222 g/mol. The standard InChI is InChI=1S/C12H11NO2S/c1-2-15-12(14)11-9(5-3-7-13-11)10-6-4-8-16-10/h3-8H,2H2,1H3. The third-order valence-corrected chi connectivity index (χ3v) is 2.97. The molecule has 2 aromatic heterocycles. The van der Waals surface area contributed by atoms with Crippen molar-refractivity contribution in [2.45, 2.75) is 6.92 Å². The van der Waals surface area contributed by atoms with Crippen molar-refractivity contribution < 1.29 is 9.53 Å². The number of carbonyl (C=O) groups excluding carboxylic acids is 1. The zero-order valence-corrected chi connectivity index (χ0v) is 9.66. The lowest BCUT2D eigenvalue weighted by atomic mass is 10.1. The second-order valence-corrected chi connectivity index (χ2v) is 4.05. The summed E-state index contributed by atoms with van der Waals surface area (Å²) >= 11 is 1.58. The minimum absolute atomic E-state index is 0.360. The lowest BCUT2D eigenvalue weighted by Crippen LogP contribution is -2.08. The van der Waals surface area contributed by atoms with Crippen LogP contribution in [-0.4, -0.2) is 17.6 Å². The molecule has 0 aliphatic rings. The third-order valence-electron chi connectivity index (χ3n) is 2.06. The fourth-order valence-electron chi connectivity index (χ4n) is 1.40. The molecule has 2 rings (SSSR count). The number of rotatable bonds is 3. The monoisotopic (exact) mass is 233 g/mol. The Kier molecular flexibility index (Phi) is 3.31. The predicted octanol–water partition coefficient (Wildman–Crippen LogP) is 2.99. The molecule has 0 saturated carbocycles. The number of aromatic nitrogens is 1. The lowest BCUT2D eigenvalue weighted by molar-refractivity contribution is 0.0520. The zero-order valence-electron chi connectivity index (χ0n) is 8.84. The van der Waals surface area contributed by atoms with Crippen molar-refractivity contribution in [3.8, 4) is 10.4 Å². The molecule has 0 aliphatic heterocycles. The van der Waals surface area contributed by atoms with E-state index in [0.717, 1.165) is 10.4 Å². The van der Waals surface area contributed by atoms with Crippen molar-refractivity contribution in [2.24, 2.45) is 0 Å². The fourth-order valence-corrected chi connectivity index (χ4v) is 2.15. The van der Waals surface area contributed by atoms with E-state index < -0.39 is 0 Å². The molecule has 82 valence electrons. The highest BCUT2D eigenvalue weighted by Crippen LogP contribution is 2.27. The minimum Gasteiger partial charge on any atom is -0.461 e. The Balaban J connectivity index is 2.42. The van der Waals surface area contributed by atoms with Crippen molar-refractivity contribution in [3.63, 3.8) is 0 Å². The van der Waals surface area contributed by atoms with Crippen LogP contribution >= 0.6 is 11.3 Å². The predicted molar refractivity (Wildman–Crippen MR) is 63.5 cm³/mol. The quantitative estimate of drug-likeness (QED) is 0.765. The summed E-state index contributed by atoms with van der Waals surface area (Å²) in [7, 11) is 0. The number of hydrogen-bond donors (Lipinski definition) is 0. The molecule has 0 aromatic carbocycles. The summed E-state index contributed by atoms with van der Waals surface area (Å²) in [6.45, 7) is 2.14. The van der Waals surface area contributed by atoms with Crippen LogP contribution in [0.5, 0.6) is 0 Å². The number of thiophene rings is 1. The van der Waals surface area contributed by atoms with E-state index in [1.54, 1.807) is 24.5 Å². The summed E-state index contributed by atoms with van der Waals surface area (Å²) in [5.41, 5.74) is 1.21. The molecule has 16 heavy (non-hydrogen) atoms. The van der Waals surface area contributed by atoms with Crippen molar-refractivity contribution in [3.05, 3.63) is 41.5 Å². The molecule has 0 saturated heterocycles. The smallest absolute Gasteiger partial charge is 0.357 e. The van der Waals surface area contributed by atoms with Gasteiger partial charge in [-0.25, -0.2) is 9.78 Å². The number of carbonyl (C=O) groups is 1. The molecule has 4 heteroatoms. The van der Waals surface area contributed by atoms with Crippen molar-refractivity contribution in [2.75, 3.05) is 6.61 Å². The van der Waals surface area contributed by atoms with Gasteiger partial charge < -0.3 is 4.74 Å². The summed E-state index contributed by atoms with van der Waals surface area (Å²) in [6, 6.07) is 7.61. The summed E-state index contributed by atoms with van der Waals surface area (Å²) in [5.74, 6) is -0.369. The van der Waals surface area contributed by atoms with E-state index in [2.05, 4.69) is 4.98 Å². The van der Waals surface area contributed by atoms with Gasteiger partial charge in [-0.1, -0.05) is 6.07 Å². The molecule has 2 aromatic rings. The van der Waals surface area contributed by atoms with Gasteiger partial charge in [-0.05, 0) is 30.5 Å². The number of pyridine rings is 1. The van der Waals surface area contributed by atoms with Gasteiger partial charge in [0.25, 0.3) is 0 Å². The van der Waals surface area contributed by atoms with Gasteiger partial charge in [0, 0.05) is 16.6 Å². The molecule has 0 unspecified atom stereocenters. The van der Waals surface area contributed by atoms with Crippen LogP contribution in [0.3, 0.4) is 0 Å². The summed E-state index contributed by atoms with van der Waals surface area (Å²) in [5, 5.41) is 1.97. The average Bonchev–Trinajstić information content (AvgIpc) is 2.83. The fraction of sp³-hybridized carbons (Fsp3) is 0.167. The van der Waals surface area contributed by atoms with Gasteiger partial charge in [0.05, 0.1) is 6.61 Å². The van der Waals surface area contributed by atoms with Gasteiger partial charge in [-0.3, -0.25) is 0 Å². The van der Waals surface area contributed by atoms with E-state index in [0.29, 0.717) is 12.3 Å². The maximum atomic E-state index is 11.7. The summed E-state index contributed by atoms with van der Waals surface area (Å²) < 4.78 is 4.97. The normalized spacial score (nSPS) is 10.1. The highest BCUT2D eigenvalue weighted by atomic mass is 32.1. The first-order chi connectivity index (χ1) is 7.83. The Labute approximate surface area is 97.7 Å². The van der Waals surface area contributed by atoms with Crippen LogP contribution in [0.2, 0.25) is 0 Å². The Morgan fingerprint density at radius 2 is 2.31 bits per heavy atom. The van der Waals surface area contributed by atoms with Crippen LogP contribution in [-0.2, 0) is 4.74 Å². The highest BCUT2D eigenvalue weighted by molar-refractivity contribution is 7.13. The van der Waals surface area contributed by atoms with E-state index in [9.17, 15) is 4.79 Å². The molecule has 0 amide bonds. The maximum absolute atomic E-state index is 11.7. The third kappa shape index (κ3) is 2.12. The van der Waals surface area contributed by atoms with Gasteiger partial charge in [0.15, 0.2) is 5.69 Å². The summed E-state index contributed by atoms with van der Waals surface area (Å²) in [4.78, 5) is 16.8. The number of hydrogen-bond acceptors (Lipinski definition) is 4. The van der Waals surface area contributed by atoms with Crippen molar-refractivity contribution >= 4 is 17.3 Å². The SMILES string of the molecule is CCOC(=O)c1ncccc1-c1cccs1. The van der Waals surface area contributed by atoms with E-state index >= 15 is 0 Å². The molecule has 0 radical (unpaired) electrons. The minimum atomic E-state index is -0.369. The lowest BCUT2D eigenvalue weighted by Gasteiger charge is -2.05. The van der Waals surface area contributed by atoms with Crippen LogP contribution in [0.25, 0.3) is 10.4 Å². The van der Waals surface area contributed by atoms with Crippen LogP contribution in [0.15, 0.2) is 35.8 Å². The molecule has 0 spiro atoms. The Morgan fingerprint density at radius 3 is 3.00 bits per heavy atom. The maximum Gasteiger partial charge on any atom is 0.357 e. The first kappa shape index (κ1) is 10.8. The Morgan fingerprint density at radius 1 is 1.44 bits per heavy atom. The number of esters is 1. The van der Waals surface area contributed by atoms with Gasteiger partial charge >= 0.3 is 5.97 Å². The van der Waals surface area contributed by atoms with E-state index in [4.69, 9.17) is 4.74 Å². The highest BCUT2D eigenvalue weighted by Gasteiger charge is 2.15. The van der Waals surface area contributed by atoms with E-state index in [1.165, 1.54) is 0 Å². The first-order valence-corrected chi connectivity index (χ1v) is 5.87. The topological polar surface area (TPSA) is 39.2 Å². The number of ether oxygens (including phenoxy) is 1. The first-order valence-electron chi connectivity index (χ1n) is 4.99. The Hall–Kier alpha value is -1.68. The number of nitrogens with zero attached hydrogens (tertiary/aromatic N) is 1. The second kappa shape index (κ2) is 4.90. The second-order valence-electron chi connectivity index (χ2n) is 3.10. The molecule has 0 atom stereocenters. The van der Waals surface area contributed by atoms with E-state index in [1.807, 2.05) is 29.6 Å². The Bertz CT molecular complexity index is 480. The molecule has 3 nitrogen and oxygen atoms in total. The molecule has 0 aliphatic carbocycles. The largest absolute Gasteiger partial charge is 0.461 e. The van der Waals surface area contributed by atoms with Crippen LogP contribution in [0, 0.1) is 0 Å². The molecule has 0 bridgehead atoms. The average molecular weight is 233 g/mol. The molecule has 0 N–H and O–H groups in total. The van der Waals surface area contributed by atoms with Gasteiger partial charge in [0.1, 0.15) is 0 Å². The molecule has 0 fully saturated rings. The molecular formula is C12H11NO2S. The molecule has 2 heterocycles. The van der Waals surface area contributed by atoms with Crippen molar-refractivity contribution in [1.29, 1.82) is 0 Å². The van der Waals surface area contributed by atoms with Gasteiger partial charge in [0.2, 0.25) is 0 Å². The zero-order chi connectivity index (χ0) is 11.4. The van der Waals surface area contributed by atoms with Crippen molar-refractivity contribution in [1.82, 2.24) is 4.98 Å². The van der Waals surface area contributed by atoms with E-state index in [-0.39, 0.29) is 5.97 Å². The van der Waals surface area contributed by atoms with Gasteiger partial charge in [-0.2, -0.15) is 0 Å². The van der Waals surface area contributed by atoms with Gasteiger partial charge in [-0.15, -0.1) is 11.3 Å².